The Morgan fingerprint density at radius 2 is 1.37 bits per heavy atom. The molecule has 1 saturated carbocycles. The molecule has 2 amide bonds. The minimum Gasteiger partial charge on any atom is -0.359 e. The quantitative estimate of drug-likeness (QED) is 0.145. The largest absolute Gasteiger partial charge is 0.359 e. The van der Waals surface area contributed by atoms with Gasteiger partial charge in [0.2, 0.25) is 0 Å². The number of methoxy groups -OCH3 is 1. The van der Waals surface area contributed by atoms with Crippen molar-refractivity contribution in [3.05, 3.63) is 35.4 Å². The molecule has 2 aliphatic rings. The van der Waals surface area contributed by atoms with Crippen LogP contribution in [0.15, 0.2) is 24.3 Å². The number of unbranched alkanes of at least 4 members (excludes halogenated alkanes) is 8. The third kappa shape index (κ3) is 7.61. The first-order valence-corrected chi connectivity index (χ1v) is 13.4. The molecular formula is C28H41NO6. The maximum atomic E-state index is 12.9. The molecule has 1 heterocycles. The summed E-state index contributed by atoms with van der Waals surface area (Å²) in [6.07, 6.45) is 13.7. The van der Waals surface area contributed by atoms with Gasteiger partial charge in [0.15, 0.2) is 0 Å². The number of rotatable bonds is 18. The van der Waals surface area contributed by atoms with Crippen LogP contribution in [-0.4, -0.2) is 43.4 Å². The predicted molar refractivity (Wildman–Crippen MR) is 132 cm³/mol. The van der Waals surface area contributed by atoms with E-state index in [9.17, 15) is 14.4 Å². The average molecular weight is 488 g/mol. The summed E-state index contributed by atoms with van der Waals surface area (Å²) in [5, 5.41) is 0.656. The SMILES string of the molecule is CCCCC1C(CCCCCCCCCCOCOC)C1C(=O)ON1C(=O)c2ccccc2C1=O. The number of amides is 2. The summed E-state index contributed by atoms with van der Waals surface area (Å²) < 4.78 is 10.2. The van der Waals surface area contributed by atoms with Crippen LogP contribution >= 0.6 is 0 Å². The third-order valence-electron chi connectivity index (χ3n) is 7.21. The molecule has 1 fully saturated rings. The lowest BCUT2D eigenvalue weighted by atomic mass is 10.0. The van der Waals surface area contributed by atoms with Crippen LogP contribution in [0.4, 0.5) is 0 Å². The number of fused-ring (bicyclic) bond motifs is 1. The number of imide groups is 1. The van der Waals surface area contributed by atoms with Gasteiger partial charge in [-0.25, -0.2) is 4.79 Å². The smallest absolute Gasteiger partial charge is 0.336 e. The third-order valence-corrected chi connectivity index (χ3v) is 7.21. The second-order valence-electron chi connectivity index (χ2n) is 9.79. The Kier molecular flexibility index (Phi) is 11.2. The van der Waals surface area contributed by atoms with E-state index in [-0.39, 0.29) is 5.92 Å². The lowest BCUT2D eigenvalue weighted by molar-refractivity contribution is -0.171. The maximum absolute atomic E-state index is 12.9. The highest BCUT2D eigenvalue weighted by Gasteiger charge is 2.55. The molecule has 1 aliphatic carbocycles. The fraction of sp³-hybridized carbons (Fsp3) is 0.679. The molecule has 3 rings (SSSR count). The van der Waals surface area contributed by atoms with Crippen molar-refractivity contribution in [3.63, 3.8) is 0 Å². The van der Waals surface area contributed by atoms with Crippen molar-refractivity contribution < 1.29 is 28.7 Å². The molecule has 7 heteroatoms. The first kappa shape index (κ1) is 27.3. The summed E-state index contributed by atoms with van der Waals surface area (Å²) >= 11 is 0. The Labute approximate surface area is 209 Å². The van der Waals surface area contributed by atoms with Crippen LogP contribution in [0, 0.1) is 17.8 Å². The van der Waals surface area contributed by atoms with E-state index in [1.165, 1.54) is 38.5 Å². The van der Waals surface area contributed by atoms with Gasteiger partial charge in [-0.15, -0.1) is 0 Å². The molecule has 0 saturated heterocycles. The van der Waals surface area contributed by atoms with Gasteiger partial charge in [0.25, 0.3) is 11.8 Å². The van der Waals surface area contributed by atoms with Gasteiger partial charge in [-0.3, -0.25) is 9.59 Å². The zero-order valence-corrected chi connectivity index (χ0v) is 21.3. The Balaban J connectivity index is 1.35. The predicted octanol–water partition coefficient (Wildman–Crippen LogP) is 5.92. The second kappa shape index (κ2) is 14.3. The van der Waals surface area contributed by atoms with E-state index in [1.54, 1.807) is 31.4 Å². The molecule has 0 bridgehead atoms. The molecule has 0 radical (unpaired) electrons. The van der Waals surface area contributed by atoms with Crippen LogP contribution in [0.1, 0.15) is 105 Å². The molecule has 0 aromatic heterocycles. The molecule has 3 atom stereocenters. The number of hydroxylamine groups is 2. The molecule has 1 aromatic carbocycles. The highest BCUT2D eigenvalue weighted by atomic mass is 16.7. The molecule has 35 heavy (non-hydrogen) atoms. The van der Waals surface area contributed by atoms with Gasteiger partial charge in [-0.05, 0) is 43.2 Å². The average Bonchev–Trinajstić information content (AvgIpc) is 3.52. The highest BCUT2D eigenvalue weighted by Crippen LogP contribution is 2.53. The zero-order valence-electron chi connectivity index (χ0n) is 21.3. The van der Waals surface area contributed by atoms with E-state index in [2.05, 4.69) is 6.92 Å². The van der Waals surface area contributed by atoms with E-state index in [0.717, 1.165) is 45.1 Å². The zero-order chi connectivity index (χ0) is 25.0. The lowest BCUT2D eigenvalue weighted by Crippen LogP contribution is -2.33. The maximum Gasteiger partial charge on any atom is 0.336 e. The minimum absolute atomic E-state index is 0.203. The molecular weight excluding hydrogens is 446 g/mol. The number of hydrogen-bond donors (Lipinski definition) is 0. The topological polar surface area (TPSA) is 82.1 Å². The summed E-state index contributed by atoms with van der Waals surface area (Å²) in [7, 11) is 1.64. The van der Waals surface area contributed by atoms with Crippen molar-refractivity contribution in [2.24, 2.45) is 17.8 Å². The fourth-order valence-electron chi connectivity index (χ4n) is 5.21. The van der Waals surface area contributed by atoms with Crippen LogP contribution in [0.25, 0.3) is 0 Å². The van der Waals surface area contributed by atoms with Crippen molar-refractivity contribution in [2.45, 2.75) is 84.0 Å². The highest BCUT2D eigenvalue weighted by molar-refractivity contribution is 6.20. The first-order chi connectivity index (χ1) is 17.1. The van der Waals surface area contributed by atoms with Gasteiger partial charge >= 0.3 is 5.97 Å². The number of benzene rings is 1. The van der Waals surface area contributed by atoms with E-state index < -0.39 is 17.8 Å². The van der Waals surface area contributed by atoms with Crippen LogP contribution in [0.5, 0.6) is 0 Å². The number of carbonyl (C=O) groups excluding carboxylic acids is 3. The Morgan fingerprint density at radius 3 is 1.94 bits per heavy atom. The minimum atomic E-state index is -0.552. The van der Waals surface area contributed by atoms with Crippen LogP contribution < -0.4 is 0 Å². The van der Waals surface area contributed by atoms with Gasteiger partial charge in [0.1, 0.15) is 6.79 Å². The lowest BCUT2D eigenvalue weighted by Gasteiger charge is -2.12. The van der Waals surface area contributed by atoms with Crippen molar-refractivity contribution in [1.29, 1.82) is 0 Å². The molecule has 0 spiro atoms. The van der Waals surface area contributed by atoms with Crippen molar-refractivity contribution in [1.82, 2.24) is 5.06 Å². The summed E-state index contributed by atoms with van der Waals surface area (Å²) in [4.78, 5) is 43.4. The van der Waals surface area contributed by atoms with E-state index >= 15 is 0 Å². The van der Waals surface area contributed by atoms with Gasteiger partial charge in [-0.2, -0.15) is 0 Å². The van der Waals surface area contributed by atoms with Crippen LogP contribution in [-0.2, 0) is 19.1 Å². The Hall–Kier alpha value is -2.25. The molecule has 1 aliphatic heterocycles. The Morgan fingerprint density at radius 1 is 0.829 bits per heavy atom. The molecule has 1 aromatic rings. The van der Waals surface area contributed by atoms with Gasteiger partial charge < -0.3 is 14.3 Å². The van der Waals surface area contributed by atoms with Crippen molar-refractivity contribution >= 4 is 17.8 Å². The number of ether oxygens (including phenoxy) is 2. The van der Waals surface area contributed by atoms with Gasteiger partial charge in [0.05, 0.1) is 17.0 Å². The monoisotopic (exact) mass is 487 g/mol. The van der Waals surface area contributed by atoms with E-state index in [0.29, 0.717) is 34.8 Å². The van der Waals surface area contributed by atoms with Crippen LogP contribution in [0.2, 0.25) is 0 Å². The first-order valence-electron chi connectivity index (χ1n) is 13.4. The molecule has 3 unspecified atom stereocenters. The number of nitrogens with zero attached hydrogens (tertiary/aromatic N) is 1. The fourth-order valence-corrected chi connectivity index (χ4v) is 5.21. The molecule has 0 N–H and O–H groups in total. The summed E-state index contributed by atoms with van der Waals surface area (Å²) in [5.41, 5.74) is 0.583. The van der Waals surface area contributed by atoms with E-state index in [4.69, 9.17) is 14.3 Å². The van der Waals surface area contributed by atoms with Crippen molar-refractivity contribution in [2.75, 3.05) is 20.5 Å². The molecule has 7 nitrogen and oxygen atoms in total. The van der Waals surface area contributed by atoms with Gasteiger partial charge in [0, 0.05) is 13.7 Å². The van der Waals surface area contributed by atoms with Gasteiger partial charge in [-0.1, -0.05) is 81.9 Å². The second-order valence-corrected chi connectivity index (χ2v) is 9.79. The normalized spacial score (nSPS) is 20.9. The number of hydrogen-bond acceptors (Lipinski definition) is 6. The summed E-state index contributed by atoms with van der Waals surface area (Å²) in [5.74, 6) is -1.13. The van der Waals surface area contributed by atoms with Crippen molar-refractivity contribution in [3.8, 4) is 0 Å². The standard InChI is InChI=1S/C28H41NO6/c1-3-4-15-21-22(16-11-9-7-5-6-8-10-14-19-34-20-33-2)25(21)28(32)35-29-26(30)23-17-12-13-18-24(23)27(29)31/h12-13,17-18,21-22,25H,3-11,14-16,19-20H2,1-2H3. The van der Waals surface area contributed by atoms with Crippen LogP contribution in [0.3, 0.4) is 0 Å². The Bertz CT molecular complexity index is 805. The number of carbonyl (C=O) groups is 3. The summed E-state index contributed by atoms with van der Waals surface area (Å²) in [6, 6.07) is 6.58. The van der Waals surface area contributed by atoms with E-state index in [1.807, 2.05) is 0 Å². The molecule has 194 valence electrons. The summed E-state index contributed by atoms with van der Waals surface area (Å²) in [6.45, 7) is 3.29.